The van der Waals surface area contributed by atoms with Crippen LogP contribution in [0.25, 0.3) is 0 Å². The van der Waals surface area contributed by atoms with Gasteiger partial charge in [-0.25, -0.2) is 0 Å². The average molecular weight is 390 g/mol. The van der Waals surface area contributed by atoms with E-state index in [0.29, 0.717) is 40.9 Å². The number of amides is 2. The zero-order chi connectivity index (χ0) is 19.2. The van der Waals surface area contributed by atoms with Crippen LogP contribution in [0.5, 0.6) is 5.75 Å². The second-order valence-corrected chi connectivity index (χ2v) is 7.23. The average Bonchev–Trinajstić information content (AvgIpc) is 3.21. The summed E-state index contributed by atoms with van der Waals surface area (Å²) in [4.78, 5) is 29.6. The molecule has 1 aromatic heterocycles. The standard InChI is InChI=1S/C20H24ClN3O3/c1-27-18-6-5-16(21)11-17(18)23-19(25)7-4-14-3-2-10-24(13-14)20(26)15-8-9-22-12-15/h5-6,8-9,11-12,14,22H,2-4,7,10,13H2,1H3,(H,23,25)/t14-/m1/s1. The maximum atomic E-state index is 12.5. The van der Waals surface area contributed by atoms with Crippen molar-refractivity contribution in [3.05, 3.63) is 47.2 Å². The first-order valence-corrected chi connectivity index (χ1v) is 9.50. The van der Waals surface area contributed by atoms with Crippen molar-refractivity contribution < 1.29 is 14.3 Å². The molecule has 1 aliphatic heterocycles. The maximum absolute atomic E-state index is 12.5. The molecule has 3 rings (SSSR count). The van der Waals surface area contributed by atoms with Crippen LogP contribution < -0.4 is 10.1 Å². The lowest BCUT2D eigenvalue weighted by molar-refractivity contribution is -0.116. The third kappa shape index (κ3) is 5.04. The maximum Gasteiger partial charge on any atom is 0.255 e. The number of H-pyrrole nitrogens is 1. The number of ether oxygens (including phenoxy) is 1. The molecule has 2 amide bonds. The van der Waals surface area contributed by atoms with E-state index in [0.717, 1.165) is 25.8 Å². The summed E-state index contributed by atoms with van der Waals surface area (Å²) >= 11 is 6.00. The Balaban J connectivity index is 1.51. The van der Waals surface area contributed by atoms with E-state index in [1.807, 2.05) is 4.90 Å². The summed E-state index contributed by atoms with van der Waals surface area (Å²) in [6, 6.07) is 6.91. The van der Waals surface area contributed by atoms with E-state index in [9.17, 15) is 9.59 Å². The van der Waals surface area contributed by atoms with E-state index >= 15 is 0 Å². The first-order valence-electron chi connectivity index (χ1n) is 9.12. The first kappa shape index (κ1) is 19.3. The van der Waals surface area contributed by atoms with Gasteiger partial charge in [-0.3, -0.25) is 9.59 Å². The molecule has 2 aromatic rings. The van der Waals surface area contributed by atoms with Crippen molar-refractivity contribution in [2.75, 3.05) is 25.5 Å². The zero-order valence-electron chi connectivity index (χ0n) is 15.3. The molecule has 0 saturated carbocycles. The summed E-state index contributed by atoms with van der Waals surface area (Å²) in [5, 5.41) is 3.40. The number of aromatic nitrogens is 1. The lowest BCUT2D eigenvalue weighted by Gasteiger charge is -2.32. The quantitative estimate of drug-likeness (QED) is 0.785. The van der Waals surface area contributed by atoms with Gasteiger partial charge >= 0.3 is 0 Å². The number of rotatable bonds is 6. The number of methoxy groups -OCH3 is 1. The van der Waals surface area contributed by atoms with Crippen LogP contribution in [0.4, 0.5) is 5.69 Å². The van der Waals surface area contributed by atoms with Gasteiger partial charge in [0.2, 0.25) is 5.91 Å². The Kier molecular flexibility index (Phi) is 6.40. The molecule has 1 saturated heterocycles. The number of hydrogen-bond acceptors (Lipinski definition) is 3. The van der Waals surface area contributed by atoms with E-state index in [1.54, 1.807) is 43.8 Å². The molecule has 144 valence electrons. The highest BCUT2D eigenvalue weighted by Gasteiger charge is 2.25. The fraction of sp³-hybridized carbons (Fsp3) is 0.400. The number of hydrogen-bond donors (Lipinski definition) is 2. The first-order chi connectivity index (χ1) is 13.1. The van der Waals surface area contributed by atoms with Crippen LogP contribution in [-0.4, -0.2) is 41.9 Å². The molecule has 7 heteroatoms. The minimum absolute atomic E-state index is 0.0501. The second-order valence-electron chi connectivity index (χ2n) is 6.79. The Hall–Kier alpha value is -2.47. The molecular formula is C20H24ClN3O3. The molecule has 1 atom stereocenters. The summed E-state index contributed by atoms with van der Waals surface area (Å²) in [5.41, 5.74) is 1.25. The molecular weight excluding hydrogens is 366 g/mol. The minimum Gasteiger partial charge on any atom is -0.495 e. The highest BCUT2D eigenvalue weighted by atomic mass is 35.5. The molecule has 0 bridgehead atoms. The summed E-state index contributed by atoms with van der Waals surface area (Å²) in [6.45, 7) is 1.46. The summed E-state index contributed by atoms with van der Waals surface area (Å²) in [7, 11) is 1.55. The van der Waals surface area contributed by atoms with Crippen molar-refractivity contribution in [3.63, 3.8) is 0 Å². The fourth-order valence-electron chi connectivity index (χ4n) is 3.45. The van der Waals surface area contributed by atoms with Gasteiger partial charge in [-0.15, -0.1) is 0 Å². The van der Waals surface area contributed by atoms with Crippen LogP contribution in [0.2, 0.25) is 5.02 Å². The number of anilines is 1. The number of aromatic amines is 1. The lowest BCUT2D eigenvalue weighted by atomic mass is 9.93. The second kappa shape index (κ2) is 8.95. The van der Waals surface area contributed by atoms with Crippen molar-refractivity contribution in [3.8, 4) is 5.75 Å². The van der Waals surface area contributed by atoms with Crippen molar-refractivity contribution in [2.24, 2.45) is 5.92 Å². The molecule has 2 heterocycles. The smallest absolute Gasteiger partial charge is 0.255 e. The van der Waals surface area contributed by atoms with Gasteiger partial charge in [0.05, 0.1) is 18.4 Å². The zero-order valence-corrected chi connectivity index (χ0v) is 16.1. The molecule has 0 radical (unpaired) electrons. The number of nitrogens with one attached hydrogen (secondary N) is 2. The van der Waals surface area contributed by atoms with Gasteiger partial charge in [-0.2, -0.15) is 0 Å². The number of benzene rings is 1. The van der Waals surface area contributed by atoms with E-state index in [-0.39, 0.29) is 11.8 Å². The van der Waals surface area contributed by atoms with Crippen molar-refractivity contribution in [1.29, 1.82) is 0 Å². The van der Waals surface area contributed by atoms with Gasteiger partial charge in [-0.1, -0.05) is 11.6 Å². The van der Waals surface area contributed by atoms with Gasteiger partial charge in [0.25, 0.3) is 5.91 Å². The Bertz CT molecular complexity index is 792. The van der Waals surface area contributed by atoms with Gasteiger partial charge in [-0.05, 0) is 49.4 Å². The van der Waals surface area contributed by atoms with Gasteiger partial charge in [0, 0.05) is 36.9 Å². The van der Waals surface area contributed by atoms with Crippen molar-refractivity contribution in [2.45, 2.75) is 25.7 Å². The highest BCUT2D eigenvalue weighted by molar-refractivity contribution is 6.31. The van der Waals surface area contributed by atoms with Crippen LogP contribution in [-0.2, 0) is 4.79 Å². The molecule has 1 aromatic carbocycles. The van der Waals surface area contributed by atoms with Crippen LogP contribution in [0.1, 0.15) is 36.0 Å². The van der Waals surface area contributed by atoms with E-state index in [4.69, 9.17) is 16.3 Å². The molecule has 6 nitrogen and oxygen atoms in total. The van der Waals surface area contributed by atoms with Crippen LogP contribution in [0, 0.1) is 5.92 Å². The molecule has 0 unspecified atom stereocenters. The van der Waals surface area contributed by atoms with Crippen LogP contribution in [0.15, 0.2) is 36.7 Å². The number of halogens is 1. The number of carbonyl (C=O) groups excluding carboxylic acids is 2. The lowest BCUT2D eigenvalue weighted by Crippen LogP contribution is -2.40. The van der Waals surface area contributed by atoms with Crippen molar-refractivity contribution >= 4 is 29.1 Å². The number of carbonyl (C=O) groups is 2. The predicted octanol–water partition coefficient (Wildman–Crippen LogP) is 3.95. The Labute approximate surface area is 163 Å². The fourth-order valence-corrected chi connectivity index (χ4v) is 3.62. The Morgan fingerprint density at radius 3 is 2.96 bits per heavy atom. The Morgan fingerprint density at radius 2 is 2.22 bits per heavy atom. The summed E-state index contributed by atoms with van der Waals surface area (Å²) in [5.74, 6) is 0.876. The van der Waals surface area contributed by atoms with E-state index < -0.39 is 0 Å². The van der Waals surface area contributed by atoms with Gasteiger partial charge in [0.15, 0.2) is 0 Å². The van der Waals surface area contributed by atoms with Gasteiger partial charge in [0.1, 0.15) is 5.75 Å². The van der Waals surface area contributed by atoms with E-state index in [1.165, 1.54) is 0 Å². The molecule has 27 heavy (non-hydrogen) atoms. The molecule has 2 N–H and O–H groups in total. The Morgan fingerprint density at radius 1 is 1.37 bits per heavy atom. The molecule has 0 aliphatic carbocycles. The monoisotopic (exact) mass is 389 g/mol. The number of piperidine rings is 1. The summed E-state index contributed by atoms with van der Waals surface area (Å²) < 4.78 is 5.25. The third-order valence-corrected chi connectivity index (χ3v) is 5.10. The third-order valence-electron chi connectivity index (χ3n) is 4.87. The number of likely N-dealkylation sites (tertiary alicyclic amines) is 1. The molecule has 0 spiro atoms. The molecule has 1 fully saturated rings. The largest absolute Gasteiger partial charge is 0.495 e. The van der Waals surface area contributed by atoms with E-state index in [2.05, 4.69) is 10.3 Å². The molecule has 1 aliphatic rings. The highest BCUT2D eigenvalue weighted by Crippen LogP contribution is 2.28. The SMILES string of the molecule is COc1ccc(Cl)cc1NC(=O)CC[C@H]1CCCN(C(=O)c2cc[nH]c2)C1. The van der Waals surface area contributed by atoms with Gasteiger partial charge < -0.3 is 19.9 Å². The topological polar surface area (TPSA) is 74.4 Å². The minimum atomic E-state index is -0.0790. The normalized spacial score (nSPS) is 16.8. The summed E-state index contributed by atoms with van der Waals surface area (Å²) in [6.07, 6.45) is 6.61. The van der Waals surface area contributed by atoms with Crippen LogP contribution in [0.3, 0.4) is 0 Å². The van der Waals surface area contributed by atoms with Crippen LogP contribution >= 0.6 is 11.6 Å². The predicted molar refractivity (Wildman–Crippen MR) is 105 cm³/mol. The number of nitrogens with zero attached hydrogens (tertiary/aromatic N) is 1. The van der Waals surface area contributed by atoms with Crippen molar-refractivity contribution in [1.82, 2.24) is 9.88 Å².